The van der Waals surface area contributed by atoms with E-state index in [2.05, 4.69) is 20.3 Å². The van der Waals surface area contributed by atoms with Crippen molar-refractivity contribution in [2.45, 2.75) is 32.7 Å². The van der Waals surface area contributed by atoms with Gasteiger partial charge in [0.25, 0.3) is 0 Å². The van der Waals surface area contributed by atoms with E-state index < -0.39 is 5.69 Å². The molecular formula is C19H16ClN5O2. The van der Waals surface area contributed by atoms with Crippen molar-refractivity contribution in [3.8, 4) is 5.69 Å². The SMILES string of the molecule is Cc1ncnc(C)c1-n1c(=O)nc(NC2CC2)c2oc3ccc(Cl)cc3c21. The number of aromatic nitrogens is 4. The summed E-state index contributed by atoms with van der Waals surface area (Å²) < 4.78 is 7.61. The molecule has 0 radical (unpaired) electrons. The first-order valence-electron chi connectivity index (χ1n) is 8.73. The molecule has 0 spiro atoms. The number of halogens is 1. The lowest BCUT2D eigenvalue weighted by Gasteiger charge is -2.13. The topological polar surface area (TPSA) is 85.8 Å². The summed E-state index contributed by atoms with van der Waals surface area (Å²) in [6.07, 6.45) is 3.60. The minimum absolute atomic E-state index is 0.330. The van der Waals surface area contributed by atoms with Crippen LogP contribution in [0.3, 0.4) is 0 Å². The molecule has 1 aliphatic carbocycles. The molecule has 0 saturated heterocycles. The molecule has 0 amide bonds. The Hall–Kier alpha value is -2.93. The number of aryl methyl sites for hydroxylation is 2. The van der Waals surface area contributed by atoms with Gasteiger partial charge in [0.2, 0.25) is 0 Å². The average Bonchev–Trinajstić information content (AvgIpc) is 3.36. The minimum atomic E-state index is -0.408. The lowest BCUT2D eigenvalue weighted by Crippen LogP contribution is -2.25. The van der Waals surface area contributed by atoms with Gasteiger partial charge in [0.1, 0.15) is 17.4 Å². The van der Waals surface area contributed by atoms with E-state index in [0.29, 0.717) is 50.6 Å². The molecule has 1 aromatic carbocycles. The second-order valence-corrected chi connectivity index (χ2v) is 7.25. The van der Waals surface area contributed by atoms with E-state index in [9.17, 15) is 4.79 Å². The Bertz CT molecular complexity index is 1250. The van der Waals surface area contributed by atoms with Gasteiger partial charge in [0, 0.05) is 16.5 Å². The van der Waals surface area contributed by atoms with E-state index in [4.69, 9.17) is 16.0 Å². The second kappa shape index (κ2) is 5.79. The van der Waals surface area contributed by atoms with Gasteiger partial charge in [-0.1, -0.05) is 11.6 Å². The van der Waals surface area contributed by atoms with Gasteiger partial charge >= 0.3 is 5.69 Å². The van der Waals surface area contributed by atoms with Crippen molar-refractivity contribution in [3.05, 3.63) is 51.4 Å². The van der Waals surface area contributed by atoms with Crippen LogP contribution < -0.4 is 11.0 Å². The minimum Gasteiger partial charge on any atom is -0.450 e. The largest absolute Gasteiger partial charge is 0.450 e. The monoisotopic (exact) mass is 381 g/mol. The number of rotatable bonds is 3. The average molecular weight is 382 g/mol. The van der Waals surface area contributed by atoms with E-state index in [-0.39, 0.29) is 0 Å². The molecule has 4 aromatic rings. The maximum atomic E-state index is 13.1. The Balaban J connectivity index is 1.95. The quantitative estimate of drug-likeness (QED) is 0.581. The molecule has 3 aromatic heterocycles. The molecule has 1 N–H and O–H groups in total. The van der Waals surface area contributed by atoms with Crippen LogP contribution in [0, 0.1) is 13.8 Å². The molecule has 0 atom stereocenters. The Morgan fingerprint density at radius 1 is 1.22 bits per heavy atom. The number of furan rings is 1. The van der Waals surface area contributed by atoms with Crippen LogP contribution in [0.1, 0.15) is 24.2 Å². The maximum Gasteiger partial charge on any atom is 0.354 e. The Kier molecular flexibility index (Phi) is 3.48. The summed E-state index contributed by atoms with van der Waals surface area (Å²) in [4.78, 5) is 25.9. The zero-order valence-electron chi connectivity index (χ0n) is 14.8. The highest BCUT2D eigenvalue weighted by Gasteiger charge is 2.27. The molecule has 5 rings (SSSR count). The fourth-order valence-corrected chi connectivity index (χ4v) is 3.54. The van der Waals surface area contributed by atoms with Crippen LogP contribution in [-0.4, -0.2) is 25.6 Å². The molecule has 0 unspecified atom stereocenters. The number of anilines is 1. The van der Waals surface area contributed by atoms with Crippen molar-refractivity contribution >= 4 is 39.5 Å². The zero-order valence-corrected chi connectivity index (χ0v) is 15.5. The summed E-state index contributed by atoms with van der Waals surface area (Å²) in [5, 5.41) is 4.61. The van der Waals surface area contributed by atoms with Crippen LogP contribution in [0.2, 0.25) is 5.02 Å². The molecule has 0 bridgehead atoms. The van der Waals surface area contributed by atoms with Crippen LogP contribution in [0.5, 0.6) is 0 Å². The standard InChI is InChI=1S/C19H16ClN5O2/c1-9-15(10(2)22-8-21-9)25-16-13-7-11(20)3-6-14(13)27-17(16)18(24-19(25)26)23-12-4-5-12/h3,6-8,12H,4-5H2,1-2H3,(H,23,24,26). The van der Waals surface area contributed by atoms with Crippen molar-refractivity contribution in [2.75, 3.05) is 5.32 Å². The number of benzene rings is 1. The van der Waals surface area contributed by atoms with Crippen molar-refractivity contribution < 1.29 is 4.42 Å². The Morgan fingerprint density at radius 2 is 1.96 bits per heavy atom. The summed E-state index contributed by atoms with van der Waals surface area (Å²) in [6, 6.07) is 5.69. The van der Waals surface area contributed by atoms with Crippen molar-refractivity contribution in [2.24, 2.45) is 0 Å². The summed E-state index contributed by atoms with van der Waals surface area (Å²) >= 11 is 6.23. The highest BCUT2D eigenvalue weighted by Crippen LogP contribution is 2.36. The van der Waals surface area contributed by atoms with Crippen molar-refractivity contribution in [1.82, 2.24) is 19.5 Å². The van der Waals surface area contributed by atoms with Crippen LogP contribution in [-0.2, 0) is 0 Å². The first kappa shape index (κ1) is 16.3. The van der Waals surface area contributed by atoms with Gasteiger partial charge in [-0.05, 0) is 44.9 Å². The Labute approximate surface area is 159 Å². The predicted molar refractivity (Wildman–Crippen MR) is 104 cm³/mol. The van der Waals surface area contributed by atoms with Crippen LogP contribution in [0.4, 0.5) is 5.82 Å². The van der Waals surface area contributed by atoms with E-state index in [0.717, 1.165) is 18.2 Å². The highest BCUT2D eigenvalue weighted by atomic mass is 35.5. The molecule has 136 valence electrons. The van der Waals surface area contributed by atoms with Crippen molar-refractivity contribution in [1.29, 1.82) is 0 Å². The number of fused-ring (bicyclic) bond motifs is 3. The van der Waals surface area contributed by atoms with Gasteiger partial charge in [-0.25, -0.2) is 14.8 Å². The normalized spacial score (nSPS) is 14.2. The Morgan fingerprint density at radius 3 is 2.67 bits per heavy atom. The molecule has 1 aliphatic rings. The van der Waals surface area contributed by atoms with E-state index in [1.807, 2.05) is 13.8 Å². The van der Waals surface area contributed by atoms with Gasteiger partial charge in [-0.2, -0.15) is 4.98 Å². The third-order valence-electron chi connectivity index (χ3n) is 4.79. The summed E-state index contributed by atoms with van der Waals surface area (Å²) in [6.45, 7) is 3.68. The summed E-state index contributed by atoms with van der Waals surface area (Å²) in [5.41, 5.74) is 3.37. The molecule has 1 saturated carbocycles. The number of nitrogens with zero attached hydrogens (tertiary/aromatic N) is 4. The van der Waals surface area contributed by atoms with E-state index >= 15 is 0 Å². The third kappa shape index (κ3) is 2.57. The number of hydrogen-bond donors (Lipinski definition) is 1. The van der Waals surface area contributed by atoms with Gasteiger partial charge in [-0.3, -0.25) is 4.57 Å². The predicted octanol–water partition coefficient (Wildman–Crippen LogP) is 3.77. The van der Waals surface area contributed by atoms with Crippen LogP contribution >= 0.6 is 11.6 Å². The maximum absolute atomic E-state index is 13.1. The van der Waals surface area contributed by atoms with Crippen molar-refractivity contribution in [3.63, 3.8) is 0 Å². The molecule has 27 heavy (non-hydrogen) atoms. The van der Waals surface area contributed by atoms with Crippen LogP contribution in [0.15, 0.2) is 33.7 Å². The van der Waals surface area contributed by atoms with E-state index in [1.165, 1.54) is 10.9 Å². The number of nitrogens with one attached hydrogen (secondary N) is 1. The molecule has 8 heteroatoms. The zero-order chi connectivity index (χ0) is 18.7. The van der Waals surface area contributed by atoms with E-state index in [1.54, 1.807) is 18.2 Å². The third-order valence-corrected chi connectivity index (χ3v) is 5.03. The first-order valence-corrected chi connectivity index (χ1v) is 9.10. The first-order chi connectivity index (χ1) is 13.0. The molecule has 1 fully saturated rings. The lowest BCUT2D eigenvalue weighted by atomic mass is 10.2. The molecule has 7 nitrogen and oxygen atoms in total. The number of hydrogen-bond acceptors (Lipinski definition) is 6. The lowest BCUT2D eigenvalue weighted by molar-refractivity contribution is 0.664. The van der Waals surface area contributed by atoms with Gasteiger partial charge < -0.3 is 9.73 Å². The fourth-order valence-electron chi connectivity index (χ4n) is 3.37. The smallest absolute Gasteiger partial charge is 0.354 e. The molecular weight excluding hydrogens is 366 g/mol. The summed E-state index contributed by atoms with van der Waals surface area (Å²) in [7, 11) is 0. The van der Waals surface area contributed by atoms with Crippen LogP contribution in [0.25, 0.3) is 27.8 Å². The fraction of sp³-hybridized carbons (Fsp3) is 0.263. The van der Waals surface area contributed by atoms with Gasteiger partial charge in [0.05, 0.1) is 17.1 Å². The molecule has 0 aliphatic heterocycles. The van der Waals surface area contributed by atoms with Gasteiger partial charge in [-0.15, -0.1) is 0 Å². The summed E-state index contributed by atoms with van der Waals surface area (Å²) in [5.74, 6) is 0.466. The second-order valence-electron chi connectivity index (χ2n) is 6.81. The van der Waals surface area contributed by atoms with Gasteiger partial charge in [0.15, 0.2) is 11.4 Å². The highest BCUT2D eigenvalue weighted by molar-refractivity contribution is 6.31. The molecule has 3 heterocycles.